The van der Waals surface area contributed by atoms with E-state index in [-0.39, 0.29) is 37.2 Å². The Kier molecular flexibility index (Phi) is 8.40. The number of rotatable bonds is 10. The molecule has 2 rings (SSSR count). The third-order valence-electron chi connectivity index (χ3n) is 4.35. The normalized spacial score (nSPS) is 10.3. The summed E-state index contributed by atoms with van der Waals surface area (Å²) >= 11 is 0. The van der Waals surface area contributed by atoms with Crippen molar-refractivity contribution < 1.29 is 28.6 Å². The summed E-state index contributed by atoms with van der Waals surface area (Å²) in [4.78, 5) is 36.7. The van der Waals surface area contributed by atoms with Crippen LogP contribution in [0.25, 0.3) is 0 Å². The molecule has 0 aliphatic carbocycles. The van der Waals surface area contributed by atoms with Gasteiger partial charge in [-0.05, 0) is 49.6 Å². The van der Waals surface area contributed by atoms with Crippen molar-refractivity contribution >= 4 is 17.7 Å². The van der Waals surface area contributed by atoms with Crippen LogP contribution in [0, 0.1) is 0 Å². The van der Waals surface area contributed by atoms with E-state index in [4.69, 9.17) is 14.2 Å². The highest BCUT2D eigenvalue weighted by Gasteiger charge is 2.18. The van der Waals surface area contributed by atoms with Crippen molar-refractivity contribution in [1.29, 1.82) is 0 Å². The van der Waals surface area contributed by atoms with Crippen molar-refractivity contribution in [2.75, 3.05) is 20.3 Å². The van der Waals surface area contributed by atoms with Gasteiger partial charge in [-0.1, -0.05) is 24.3 Å². The van der Waals surface area contributed by atoms with Gasteiger partial charge in [0, 0.05) is 17.5 Å². The molecule has 0 bridgehead atoms. The Morgan fingerprint density at radius 1 is 0.862 bits per heavy atom. The van der Waals surface area contributed by atoms with Crippen LogP contribution in [0.3, 0.4) is 0 Å². The lowest BCUT2D eigenvalue weighted by Crippen LogP contribution is -2.12. The lowest BCUT2D eigenvalue weighted by Gasteiger charge is -2.12. The number of aryl methyl sites for hydroxylation is 1. The second kappa shape index (κ2) is 11.0. The SMILES string of the molecule is CCOC(=O)CCc1cc(C(=O)c2ccccc2CC(=O)OCC)ccc1OC. The number of hydrogen-bond donors (Lipinski definition) is 0. The van der Waals surface area contributed by atoms with Gasteiger partial charge in [-0.2, -0.15) is 0 Å². The Balaban J connectivity index is 2.28. The van der Waals surface area contributed by atoms with E-state index in [1.165, 1.54) is 0 Å². The van der Waals surface area contributed by atoms with Gasteiger partial charge in [-0.25, -0.2) is 0 Å². The second-order valence-electron chi connectivity index (χ2n) is 6.30. The Morgan fingerprint density at radius 2 is 1.55 bits per heavy atom. The van der Waals surface area contributed by atoms with Crippen molar-refractivity contribution in [3.8, 4) is 5.75 Å². The molecule has 0 aliphatic heterocycles. The monoisotopic (exact) mass is 398 g/mol. The highest BCUT2D eigenvalue weighted by Crippen LogP contribution is 2.24. The third kappa shape index (κ3) is 6.17. The smallest absolute Gasteiger partial charge is 0.310 e. The summed E-state index contributed by atoms with van der Waals surface area (Å²) < 4.78 is 15.3. The average Bonchev–Trinajstić information content (AvgIpc) is 2.72. The minimum atomic E-state index is -0.377. The molecule has 0 spiro atoms. The fraction of sp³-hybridized carbons (Fsp3) is 0.348. The third-order valence-corrected chi connectivity index (χ3v) is 4.35. The molecule has 2 aromatic rings. The molecule has 0 fully saturated rings. The molecule has 6 nitrogen and oxygen atoms in total. The van der Waals surface area contributed by atoms with Crippen LogP contribution in [-0.2, 0) is 31.9 Å². The first-order chi connectivity index (χ1) is 14.0. The molecule has 2 aromatic carbocycles. The summed E-state index contributed by atoms with van der Waals surface area (Å²) in [6.07, 6.45) is 0.622. The van der Waals surface area contributed by atoms with Crippen LogP contribution in [0.2, 0.25) is 0 Å². The molecule has 29 heavy (non-hydrogen) atoms. The van der Waals surface area contributed by atoms with Crippen LogP contribution in [0.5, 0.6) is 5.75 Å². The fourth-order valence-electron chi connectivity index (χ4n) is 3.00. The van der Waals surface area contributed by atoms with Gasteiger partial charge in [0.15, 0.2) is 5.78 Å². The minimum Gasteiger partial charge on any atom is -0.496 e. The highest BCUT2D eigenvalue weighted by atomic mass is 16.5. The zero-order valence-electron chi connectivity index (χ0n) is 17.0. The van der Waals surface area contributed by atoms with Gasteiger partial charge >= 0.3 is 11.9 Å². The molecule has 154 valence electrons. The van der Waals surface area contributed by atoms with Crippen molar-refractivity contribution in [2.45, 2.75) is 33.1 Å². The number of methoxy groups -OCH3 is 1. The molecule has 0 atom stereocenters. The number of carbonyl (C=O) groups is 3. The Labute approximate surface area is 170 Å². The van der Waals surface area contributed by atoms with Gasteiger partial charge in [-0.15, -0.1) is 0 Å². The molecule has 0 unspecified atom stereocenters. The summed E-state index contributed by atoms with van der Waals surface area (Å²) in [5, 5.41) is 0. The summed E-state index contributed by atoms with van der Waals surface area (Å²) in [5.74, 6) is -0.278. The number of ketones is 1. The van der Waals surface area contributed by atoms with Crippen molar-refractivity contribution in [1.82, 2.24) is 0 Å². The van der Waals surface area contributed by atoms with E-state index in [1.54, 1.807) is 63.4 Å². The van der Waals surface area contributed by atoms with E-state index in [1.807, 2.05) is 0 Å². The van der Waals surface area contributed by atoms with Gasteiger partial charge < -0.3 is 14.2 Å². The summed E-state index contributed by atoms with van der Waals surface area (Å²) in [6, 6.07) is 12.1. The predicted molar refractivity (Wildman–Crippen MR) is 108 cm³/mol. The van der Waals surface area contributed by atoms with E-state index in [0.29, 0.717) is 35.5 Å². The number of hydrogen-bond acceptors (Lipinski definition) is 6. The van der Waals surface area contributed by atoms with E-state index in [2.05, 4.69) is 0 Å². The standard InChI is InChI=1S/C23H26O6/c1-4-28-21(24)13-11-17-14-18(10-12-20(17)27-3)23(26)19-9-7-6-8-16(19)15-22(25)29-5-2/h6-10,12,14H,4-5,11,13,15H2,1-3H3. The fourth-order valence-corrected chi connectivity index (χ4v) is 3.00. The van der Waals surface area contributed by atoms with Gasteiger partial charge in [-0.3, -0.25) is 14.4 Å². The van der Waals surface area contributed by atoms with Gasteiger partial charge in [0.1, 0.15) is 5.75 Å². The number of carbonyl (C=O) groups excluding carboxylic acids is 3. The van der Waals surface area contributed by atoms with Crippen LogP contribution in [-0.4, -0.2) is 38.0 Å². The summed E-state index contributed by atoms with van der Waals surface area (Å²) in [6.45, 7) is 4.11. The molecule has 0 heterocycles. The predicted octanol–water partition coefficient (Wildman–Crippen LogP) is 3.53. The van der Waals surface area contributed by atoms with E-state index < -0.39 is 0 Å². The minimum absolute atomic E-state index is 0.0294. The first-order valence-electron chi connectivity index (χ1n) is 9.60. The first-order valence-corrected chi connectivity index (χ1v) is 9.60. The number of benzene rings is 2. The molecular weight excluding hydrogens is 372 g/mol. The molecule has 0 saturated heterocycles. The number of ether oxygens (including phenoxy) is 3. The lowest BCUT2D eigenvalue weighted by atomic mass is 9.94. The van der Waals surface area contributed by atoms with Crippen LogP contribution in [0.15, 0.2) is 42.5 Å². The Bertz CT molecular complexity index is 871. The molecule has 0 radical (unpaired) electrons. The second-order valence-corrected chi connectivity index (χ2v) is 6.30. The molecule has 0 aromatic heterocycles. The zero-order valence-corrected chi connectivity index (χ0v) is 17.0. The van der Waals surface area contributed by atoms with Crippen LogP contribution < -0.4 is 4.74 Å². The molecule has 6 heteroatoms. The topological polar surface area (TPSA) is 78.9 Å². The van der Waals surface area contributed by atoms with Crippen LogP contribution in [0.4, 0.5) is 0 Å². The quantitative estimate of drug-likeness (QED) is 0.450. The van der Waals surface area contributed by atoms with Crippen LogP contribution >= 0.6 is 0 Å². The van der Waals surface area contributed by atoms with Crippen molar-refractivity contribution in [2.24, 2.45) is 0 Å². The zero-order chi connectivity index (χ0) is 21.2. The first kappa shape index (κ1) is 22.1. The largest absolute Gasteiger partial charge is 0.496 e. The van der Waals surface area contributed by atoms with Gasteiger partial charge in [0.05, 0.1) is 26.7 Å². The van der Waals surface area contributed by atoms with Crippen molar-refractivity contribution in [3.63, 3.8) is 0 Å². The average molecular weight is 398 g/mol. The van der Waals surface area contributed by atoms with E-state index in [9.17, 15) is 14.4 Å². The van der Waals surface area contributed by atoms with Gasteiger partial charge in [0.2, 0.25) is 0 Å². The van der Waals surface area contributed by atoms with Crippen molar-refractivity contribution in [3.05, 3.63) is 64.7 Å². The van der Waals surface area contributed by atoms with E-state index >= 15 is 0 Å². The van der Waals surface area contributed by atoms with E-state index in [0.717, 1.165) is 5.56 Å². The lowest BCUT2D eigenvalue weighted by molar-refractivity contribution is -0.143. The Morgan fingerprint density at radius 3 is 2.24 bits per heavy atom. The molecular formula is C23H26O6. The Hall–Kier alpha value is -3.15. The molecule has 0 N–H and O–H groups in total. The maximum absolute atomic E-state index is 13.1. The van der Waals surface area contributed by atoms with Crippen LogP contribution in [0.1, 0.15) is 47.3 Å². The maximum Gasteiger partial charge on any atom is 0.310 e. The maximum atomic E-state index is 13.1. The molecule has 0 aliphatic rings. The summed E-state index contributed by atoms with van der Waals surface area (Å²) in [7, 11) is 1.54. The molecule has 0 amide bonds. The van der Waals surface area contributed by atoms with Gasteiger partial charge in [0.25, 0.3) is 0 Å². The molecule has 0 saturated carbocycles. The summed E-state index contributed by atoms with van der Waals surface area (Å²) in [5.41, 5.74) is 2.26. The number of esters is 2. The highest BCUT2D eigenvalue weighted by molar-refractivity contribution is 6.10.